The Bertz CT molecular complexity index is 101. The molecule has 0 rings (SSSR count). The third-order valence-electron chi connectivity index (χ3n) is 0.813. The lowest BCUT2D eigenvalue weighted by Gasteiger charge is -1.96. The first-order valence-corrected chi connectivity index (χ1v) is 3.44. The van der Waals surface area contributed by atoms with Crippen molar-refractivity contribution in [1.29, 1.82) is 0 Å². The highest BCUT2D eigenvalue weighted by Gasteiger charge is 2.08. The largest absolute Gasteiger partial charge is 0.306 e. The SMILES string of the molecule is CCC(C=O)S(=O)O. The lowest BCUT2D eigenvalue weighted by molar-refractivity contribution is -0.107. The van der Waals surface area contributed by atoms with E-state index in [4.69, 9.17) is 4.55 Å². The summed E-state index contributed by atoms with van der Waals surface area (Å²) < 4.78 is 18.3. The van der Waals surface area contributed by atoms with Crippen molar-refractivity contribution in [2.75, 3.05) is 0 Å². The maximum absolute atomic E-state index is 10.0. The molecule has 0 saturated heterocycles. The number of hydrogen-bond donors (Lipinski definition) is 1. The first kappa shape index (κ1) is 7.78. The van der Waals surface area contributed by atoms with E-state index in [0.29, 0.717) is 12.7 Å². The molecule has 1 N–H and O–H groups in total. The van der Waals surface area contributed by atoms with Crippen LogP contribution < -0.4 is 0 Å². The van der Waals surface area contributed by atoms with E-state index in [2.05, 4.69) is 0 Å². The average Bonchev–Trinajstić information content (AvgIpc) is 1.69. The van der Waals surface area contributed by atoms with Crippen LogP contribution in [0.2, 0.25) is 0 Å². The van der Waals surface area contributed by atoms with Crippen LogP contribution in [-0.2, 0) is 15.9 Å². The third kappa shape index (κ3) is 2.18. The van der Waals surface area contributed by atoms with E-state index in [1.165, 1.54) is 0 Å². The summed E-state index contributed by atoms with van der Waals surface area (Å²) in [5, 5.41) is -0.699. The molecule has 0 amide bonds. The summed E-state index contributed by atoms with van der Waals surface area (Å²) in [6.45, 7) is 1.69. The normalized spacial score (nSPS) is 17.2. The molecule has 0 aromatic carbocycles. The summed E-state index contributed by atoms with van der Waals surface area (Å²) in [4.78, 5) is 9.82. The zero-order valence-electron chi connectivity index (χ0n) is 4.53. The van der Waals surface area contributed by atoms with E-state index < -0.39 is 16.3 Å². The lowest BCUT2D eigenvalue weighted by Crippen LogP contribution is -2.13. The molecular formula is C4H8O3S. The predicted molar refractivity (Wildman–Crippen MR) is 30.9 cm³/mol. The van der Waals surface area contributed by atoms with Crippen LogP contribution in [-0.4, -0.2) is 20.3 Å². The molecule has 0 aliphatic carbocycles. The van der Waals surface area contributed by atoms with Gasteiger partial charge < -0.3 is 9.35 Å². The molecular weight excluding hydrogens is 128 g/mol. The Hall–Kier alpha value is -0.220. The van der Waals surface area contributed by atoms with Gasteiger partial charge in [-0.15, -0.1) is 0 Å². The summed E-state index contributed by atoms with van der Waals surface area (Å²) in [5.41, 5.74) is 0. The topological polar surface area (TPSA) is 54.4 Å². The molecule has 0 fully saturated rings. The summed E-state index contributed by atoms with van der Waals surface area (Å²) >= 11 is -1.97. The van der Waals surface area contributed by atoms with Crippen LogP contribution in [0.15, 0.2) is 0 Å². The van der Waals surface area contributed by atoms with Gasteiger partial charge in [0.05, 0.1) is 0 Å². The van der Waals surface area contributed by atoms with Gasteiger partial charge in [-0.3, -0.25) is 0 Å². The molecule has 2 unspecified atom stereocenters. The number of carbonyl (C=O) groups is 1. The van der Waals surface area contributed by atoms with E-state index in [0.717, 1.165) is 0 Å². The van der Waals surface area contributed by atoms with Gasteiger partial charge in [-0.05, 0) is 6.42 Å². The van der Waals surface area contributed by atoms with Crippen molar-refractivity contribution < 1.29 is 13.6 Å². The van der Waals surface area contributed by atoms with E-state index in [1.807, 2.05) is 0 Å². The van der Waals surface area contributed by atoms with Crippen LogP contribution in [0.5, 0.6) is 0 Å². The molecule has 0 radical (unpaired) electrons. The van der Waals surface area contributed by atoms with Gasteiger partial charge in [-0.2, -0.15) is 0 Å². The number of rotatable bonds is 3. The van der Waals surface area contributed by atoms with Gasteiger partial charge in [0, 0.05) is 0 Å². The molecule has 4 heteroatoms. The minimum absolute atomic E-state index is 0.423. The van der Waals surface area contributed by atoms with Crippen LogP contribution in [0.4, 0.5) is 0 Å². The Labute approximate surface area is 50.4 Å². The van der Waals surface area contributed by atoms with Gasteiger partial charge in [-0.25, -0.2) is 4.21 Å². The van der Waals surface area contributed by atoms with Gasteiger partial charge >= 0.3 is 0 Å². The van der Waals surface area contributed by atoms with Crippen molar-refractivity contribution in [3.05, 3.63) is 0 Å². The molecule has 0 heterocycles. The molecule has 0 bridgehead atoms. The Morgan fingerprint density at radius 1 is 1.88 bits per heavy atom. The predicted octanol–water partition coefficient (Wildman–Crippen LogP) is 0.186. The van der Waals surface area contributed by atoms with Gasteiger partial charge in [0.2, 0.25) is 0 Å². The van der Waals surface area contributed by atoms with Crippen molar-refractivity contribution in [1.82, 2.24) is 0 Å². The van der Waals surface area contributed by atoms with Gasteiger partial charge in [0.25, 0.3) is 0 Å². The minimum atomic E-state index is -1.97. The summed E-state index contributed by atoms with van der Waals surface area (Å²) in [6, 6.07) is 0. The van der Waals surface area contributed by atoms with Crippen molar-refractivity contribution in [3.63, 3.8) is 0 Å². The number of aldehydes is 1. The highest BCUT2D eigenvalue weighted by atomic mass is 32.2. The van der Waals surface area contributed by atoms with E-state index in [-0.39, 0.29) is 0 Å². The zero-order valence-corrected chi connectivity index (χ0v) is 5.35. The quantitative estimate of drug-likeness (QED) is 0.445. The molecule has 8 heavy (non-hydrogen) atoms. The second-order valence-corrected chi connectivity index (χ2v) is 2.52. The monoisotopic (exact) mass is 136 g/mol. The van der Waals surface area contributed by atoms with Crippen LogP contribution in [0.25, 0.3) is 0 Å². The Morgan fingerprint density at radius 2 is 2.38 bits per heavy atom. The standard InChI is InChI=1S/C4H8O3S/c1-2-4(3-5)8(6)7/h3-4H,2H2,1H3,(H,6,7). The summed E-state index contributed by atoms with van der Waals surface area (Å²) in [7, 11) is 0. The highest BCUT2D eigenvalue weighted by Crippen LogP contribution is 1.93. The van der Waals surface area contributed by atoms with Crippen molar-refractivity contribution >= 4 is 17.4 Å². The zero-order chi connectivity index (χ0) is 6.57. The van der Waals surface area contributed by atoms with E-state index in [1.54, 1.807) is 6.92 Å². The number of hydrogen-bond acceptors (Lipinski definition) is 2. The summed E-state index contributed by atoms with van der Waals surface area (Å²) in [6.07, 6.45) is 0.919. The first-order valence-electron chi connectivity index (χ1n) is 2.27. The molecule has 2 atom stereocenters. The molecule has 0 aromatic heterocycles. The van der Waals surface area contributed by atoms with E-state index in [9.17, 15) is 9.00 Å². The van der Waals surface area contributed by atoms with E-state index >= 15 is 0 Å². The molecule has 48 valence electrons. The second-order valence-electron chi connectivity index (χ2n) is 1.36. The molecule has 0 aliphatic heterocycles. The molecule has 0 aromatic rings. The highest BCUT2D eigenvalue weighted by molar-refractivity contribution is 7.80. The Morgan fingerprint density at radius 3 is 2.38 bits per heavy atom. The molecule has 3 nitrogen and oxygen atoms in total. The first-order chi connectivity index (χ1) is 3.72. The van der Waals surface area contributed by atoms with Gasteiger partial charge in [-0.1, -0.05) is 6.92 Å². The lowest BCUT2D eigenvalue weighted by atomic mass is 10.4. The third-order valence-corrected chi connectivity index (χ3v) is 1.78. The summed E-state index contributed by atoms with van der Waals surface area (Å²) in [5.74, 6) is 0. The fourth-order valence-electron chi connectivity index (χ4n) is 0.286. The van der Waals surface area contributed by atoms with Crippen LogP contribution >= 0.6 is 0 Å². The van der Waals surface area contributed by atoms with Crippen molar-refractivity contribution in [2.45, 2.75) is 18.6 Å². The fourth-order valence-corrected chi connectivity index (χ4v) is 0.667. The molecule has 0 aliphatic rings. The minimum Gasteiger partial charge on any atom is -0.306 e. The smallest absolute Gasteiger partial charge is 0.163 e. The maximum Gasteiger partial charge on any atom is 0.163 e. The van der Waals surface area contributed by atoms with Crippen LogP contribution in [0, 0.1) is 0 Å². The van der Waals surface area contributed by atoms with Gasteiger partial charge in [0.1, 0.15) is 11.5 Å². The Balaban J connectivity index is 3.69. The van der Waals surface area contributed by atoms with Crippen LogP contribution in [0.1, 0.15) is 13.3 Å². The van der Waals surface area contributed by atoms with Crippen LogP contribution in [0.3, 0.4) is 0 Å². The second kappa shape index (κ2) is 3.74. The molecule has 0 spiro atoms. The number of carbonyl (C=O) groups excluding carboxylic acids is 1. The van der Waals surface area contributed by atoms with Crippen molar-refractivity contribution in [2.24, 2.45) is 0 Å². The molecule has 0 saturated carbocycles. The maximum atomic E-state index is 10.0. The fraction of sp³-hybridized carbons (Fsp3) is 0.750. The van der Waals surface area contributed by atoms with Crippen molar-refractivity contribution in [3.8, 4) is 0 Å². The Kier molecular flexibility index (Phi) is 3.64. The average molecular weight is 136 g/mol. The van der Waals surface area contributed by atoms with Gasteiger partial charge in [0.15, 0.2) is 11.1 Å².